The normalized spacial score (nSPS) is 11.0. The Kier molecular flexibility index (Phi) is 4.53. The minimum absolute atomic E-state index is 0.627. The fourth-order valence-electron chi connectivity index (χ4n) is 2.62. The van der Waals surface area contributed by atoms with Gasteiger partial charge in [-0.2, -0.15) is 4.68 Å². The fourth-order valence-corrected chi connectivity index (χ4v) is 3.39. The second-order valence-electron chi connectivity index (χ2n) is 6.00. The third kappa shape index (κ3) is 3.39. The topological polar surface area (TPSA) is 69.6 Å². The third-order valence-corrected chi connectivity index (χ3v) is 4.95. The smallest absolute Gasteiger partial charge is 0.214 e. The summed E-state index contributed by atoms with van der Waals surface area (Å²) in [6, 6.07) is 18.1. The van der Waals surface area contributed by atoms with Gasteiger partial charge in [-0.05, 0) is 41.5 Å². The summed E-state index contributed by atoms with van der Waals surface area (Å²) >= 11 is 1.53. The van der Waals surface area contributed by atoms with Gasteiger partial charge in [-0.15, -0.1) is 5.10 Å². The number of aryl methyl sites for hydroxylation is 2. The predicted octanol–water partition coefficient (Wildman–Crippen LogP) is 4.23. The lowest BCUT2D eigenvalue weighted by Crippen LogP contribution is -2.02. The molecule has 26 heavy (non-hydrogen) atoms. The first-order valence-corrected chi connectivity index (χ1v) is 9.19. The summed E-state index contributed by atoms with van der Waals surface area (Å²) in [6.45, 7) is 4.11. The molecule has 2 aromatic carbocycles. The van der Waals surface area contributed by atoms with Gasteiger partial charge >= 0.3 is 0 Å². The molecule has 6 nitrogen and oxygen atoms in total. The summed E-state index contributed by atoms with van der Waals surface area (Å²) in [5, 5.41) is 17.0. The van der Waals surface area contributed by atoms with Crippen molar-refractivity contribution in [1.82, 2.24) is 25.4 Å². The maximum absolute atomic E-state index is 5.45. The number of thioether (sulfide) groups is 1. The summed E-state index contributed by atoms with van der Waals surface area (Å²) in [7, 11) is 0. The number of aromatic nitrogens is 5. The van der Waals surface area contributed by atoms with Crippen LogP contribution in [0.1, 0.15) is 16.8 Å². The van der Waals surface area contributed by atoms with E-state index in [0.29, 0.717) is 5.75 Å². The van der Waals surface area contributed by atoms with Crippen molar-refractivity contribution in [3.63, 3.8) is 0 Å². The highest BCUT2D eigenvalue weighted by Gasteiger charge is 2.13. The molecule has 2 heterocycles. The van der Waals surface area contributed by atoms with E-state index in [1.807, 2.05) is 36.4 Å². The molecule has 0 aliphatic rings. The lowest BCUT2D eigenvalue weighted by molar-refractivity contribution is 0.426. The Labute approximate surface area is 155 Å². The second kappa shape index (κ2) is 7.13. The van der Waals surface area contributed by atoms with E-state index in [-0.39, 0.29) is 0 Å². The van der Waals surface area contributed by atoms with Gasteiger partial charge in [0.25, 0.3) is 0 Å². The van der Waals surface area contributed by atoms with Crippen molar-refractivity contribution in [2.24, 2.45) is 0 Å². The van der Waals surface area contributed by atoms with Crippen LogP contribution in [0.5, 0.6) is 0 Å². The molecule has 0 unspecified atom stereocenters. The van der Waals surface area contributed by atoms with E-state index in [1.165, 1.54) is 17.3 Å². The zero-order valence-electron chi connectivity index (χ0n) is 14.5. The monoisotopic (exact) mass is 363 g/mol. The zero-order valence-corrected chi connectivity index (χ0v) is 15.3. The molecule has 4 aromatic rings. The van der Waals surface area contributed by atoms with Crippen LogP contribution in [-0.2, 0) is 5.75 Å². The number of rotatable bonds is 5. The van der Waals surface area contributed by atoms with Gasteiger partial charge in [-0.25, -0.2) is 0 Å². The van der Waals surface area contributed by atoms with Crippen LogP contribution >= 0.6 is 11.8 Å². The highest BCUT2D eigenvalue weighted by molar-refractivity contribution is 7.98. The Hall–Kier alpha value is -2.93. The summed E-state index contributed by atoms with van der Waals surface area (Å²) in [6.07, 6.45) is 0. The van der Waals surface area contributed by atoms with Crippen molar-refractivity contribution < 1.29 is 4.52 Å². The SMILES string of the molecule is Cc1ccc(C)c(-n2nnnc2SCc2cc(-c3ccccc3)on2)c1. The standard InChI is InChI=1S/C19H17N5OS/c1-13-8-9-14(2)17(10-13)24-19(20-22-23-24)26-12-16-11-18(25-21-16)15-6-4-3-5-7-15/h3-11H,12H2,1-2H3. The maximum atomic E-state index is 5.45. The van der Waals surface area contributed by atoms with Crippen molar-refractivity contribution in [3.8, 4) is 17.0 Å². The maximum Gasteiger partial charge on any atom is 0.214 e. The number of nitrogens with zero attached hydrogens (tertiary/aromatic N) is 5. The molecule has 0 saturated carbocycles. The molecule has 0 bridgehead atoms. The molecule has 2 aromatic heterocycles. The molecule has 0 atom stereocenters. The van der Waals surface area contributed by atoms with E-state index in [2.05, 4.69) is 52.7 Å². The van der Waals surface area contributed by atoms with Gasteiger partial charge in [0.15, 0.2) is 5.76 Å². The largest absolute Gasteiger partial charge is 0.356 e. The second-order valence-corrected chi connectivity index (χ2v) is 6.94. The molecular formula is C19H17N5OS. The first-order chi connectivity index (χ1) is 12.7. The lowest BCUT2D eigenvalue weighted by Gasteiger charge is -2.08. The Balaban J connectivity index is 1.52. The van der Waals surface area contributed by atoms with Crippen molar-refractivity contribution in [3.05, 3.63) is 71.4 Å². The fraction of sp³-hybridized carbons (Fsp3) is 0.158. The third-order valence-electron chi connectivity index (χ3n) is 4.00. The Morgan fingerprint density at radius 2 is 1.88 bits per heavy atom. The molecule has 0 amide bonds. The highest BCUT2D eigenvalue weighted by Crippen LogP contribution is 2.26. The predicted molar refractivity (Wildman–Crippen MR) is 100 cm³/mol. The van der Waals surface area contributed by atoms with E-state index in [4.69, 9.17) is 4.52 Å². The van der Waals surface area contributed by atoms with Gasteiger partial charge < -0.3 is 4.52 Å². The molecule has 0 aliphatic carbocycles. The van der Waals surface area contributed by atoms with Gasteiger partial charge in [0, 0.05) is 17.4 Å². The quantitative estimate of drug-likeness (QED) is 0.494. The summed E-state index contributed by atoms with van der Waals surface area (Å²) < 4.78 is 7.22. The Morgan fingerprint density at radius 3 is 2.73 bits per heavy atom. The van der Waals surface area contributed by atoms with Crippen molar-refractivity contribution >= 4 is 11.8 Å². The van der Waals surface area contributed by atoms with Crippen LogP contribution in [0.25, 0.3) is 17.0 Å². The van der Waals surface area contributed by atoms with Crippen molar-refractivity contribution in [2.45, 2.75) is 24.8 Å². The van der Waals surface area contributed by atoms with Gasteiger partial charge in [0.1, 0.15) is 0 Å². The van der Waals surface area contributed by atoms with Gasteiger partial charge in [0.2, 0.25) is 5.16 Å². The van der Waals surface area contributed by atoms with Crippen LogP contribution in [0.3, 0.4) is 0 Å². The van der Waals surface area contributed by atoms with E-state index in [1.54, 1.807) is 4.68 Å². The highest BCUT2D eigenvalue weighted by atomic mass is 32.2. The number of benzene rings is 2. The number of hydrogen-bond acceptors (Lipinski definition) is 6. The molecule has 0 saturated heterocycles. The van der Waals surface area contributed by atoms with Crippen LogP contribution < -0.4 is 0 Å². The van der Waals surface area contributed by atoms with Gasteiger partial charge in [0.05, 0.1) is 11.4 Å². The van der Waals surface area contributed by atoms with Gasteiger partial charge in [-0.1, -0.05) is 59.4 Å². The first kappa shape index (κ1) is 16.5. The van der Waals surface area contributed by atoms with Crippen molar-refractivity contribution in [2.75, 3.05) is 0 Å². The minimum atomic E-state index is 0.627. The molecular weight excluding hydrogens is 346 g/mol. The number of tetrazole rings is 1. The van der Waals surface area contributed by atoms with Crippen LogP contribution in [0, 0.1) is 13.8 Å². The minimum Gasteiger partial charge on any atom is -0.356 e. The van der Waals surface area contributed by atoms with Crippen LogP contribution in [0.4, 0.5) is 0 Å². The first-order valence-electron chi connectivity index (χ1n) is 8.20. The molecule has 0 spiro atoms. The van der Waals surface area contributed by atoms with Gasteiger partial charge in [-0.3, -0.25) is 0 Å². The molecule has 130 valence electrons. The molecule has 0 aliphatic heterocycles. The van der Waals surface area contributed by atoms with E-state index in [9.17, 15) is 0 Å². The Morgan fingerprint density at radius 1 is 1.04 bits per heavy atom. The van der Waals surface area contributed by atoms with Crippen LogP contribution in [0.15, 0.2) is 64.3 Å². The molecule has 4 rings (SSSR count). The average molecular weight is 363 g/mol. The molecule has 0 radical (unpaired) electrons. The molecule has 0 N–H and O–H groups in total. The summed E-state index contributed by atoms with van der Waals surface area (Å²) in [5.74, 6) is 1.39. The lowest BCUT2D eigenvalue weighted by atomic mass is 10.1. The summed E-state index contributed by atoms with van der Waals surface area (Å²) in [5.41, 5.74) is 5.14. The van der Waals surface area contributed by atoms with E-state index < -0.39 is 0 Å². The summed E-state index contributed by atoms with van der Waals surface area (Å²) in [4.78, 5) is 0. The van der Waals surface area contributed by atoms with Crippen LogP contribution in [-0.4, -0.2) is 25.4 Å². The van der Waals surface area contributed by atoms with Crippen LogP contribution in [0.2, 0.25) is 0 Å². The average Bonchev–Trinajstić information content (AvgIpc) is 3.32. The molecule has 7 heteroatoms. The van der Waals surface area contributed by atoms with E-state index >= 15 is 0 Å². The zero-order chi connectivity index (χ0) is 17.9. The van der Waals surface area contributed by atoms with E-state index in [0.717, 1.165) is 33.4 Å². The number of hydrogen-bond donors (Lipinski definition) is 0. The van der Waals surface area contributed by atoms with Crippen molar-refractivity contribution in [1.29, 1.82) is 0 Å². The Bertz CT molecular complexity index is 1030. The molecule has 0 fully saturated rings.